The van der Waals surface area contributed by atoms with Gasteiger partial charge in [0.05, 0.1) is 0 Å². The SMILES string of the molecule is CSc1ccsc1C(=O)N1CCCC(CO)C1. The van der Waals surface area contributed by atoms with Gasteiger partial charge in [0.2, 0.25) is 0 Å². The lowest BCUT2D eigenvalue weighted by Crippen LogP contribution is -2.40. The molecule has 1 aromatic heterocycles. The van der Waals surface area contributed by atoms with Gasteiger partial charge in [-0.1, -0.05) is 0 Å². The second kappa shape index (κ2) is 5.89. The summed E-state index contributed by atoms with van der Waals surface area (Å²) in [4.78, 5) is 16.1. The fourth-order valence-corrected chi connectivity index (χ4v) is 3.87. The third kappa shape index (κ3) is 2.84. The minimum absolute atomic E-state index is 0.127. The Morgan fingerprint density at radius 3 is 3.24 bits per heavy atom. The fraction of sp³-hybridized carbons (Fsp3) is 0.583. The van der Waals surface area contributed by atoms with Crippen LogP contribution in [-0.2, 0) is 0 Å². The van der Waals surface area contributed by atoms with Crippen molar-refractivity contribution < 1.29 is 9.90 Å². The van der Waals surface area contributed by atoms with Gasteiger partial charge in [-0.05, 0) is 36.5 Å². The van der Waals surface area contributed by atoms with E-state index in [0.29, 0.717) is 6.54 Å². The number of carbonyl (C=O) groups excluding carboxylic acids is 1. The van der Waals surface area contributed by atoms with Crippen molar-refractivity contribution in [2.45, 2.75) is 17.7 Å². The second-order valence-corrected chi connectivity index (χ2v) is 6.02. The molecule has 1 aromatic rings. The van der Waals surface area contributed by atoms with Gasteiger partial charge in [-0.2, -0.15) is 0 Å². The van der Waals surface area contributed by atoms with Crippen LogP contribution < -0.4 is 0 Å². The first kappa shape index (κ1) is 12.9. The molecule has 1 aliphatic rings. The van der Waals surface area contributed by atoms with Gasteiger partial charge in [0.1, 0.15) is 4.88 Å². The number of rotatable bonds is 3. The van der Waals surface area contributed by atoms with Crippen LogP contribution in [0.25, 0.3) is 0 Å². The molecule has 0 aliphatic carbocycles. The predicted octanol–water partition coefficient (Wildman–Crippen LogP) is 2.31. The maximum atomic E-state index is 12.3. The van der Waals surface area contributed by atoms with Crippen molar-refractivity contribution in [3.8, 4) is 0 Å². The molecule has 0 aromatic carbocycles. The third-order valence-electron chi connectivity index (χ3n) is 3.11. The summed E-state index contributed by atoms with van der Waals surface area (Å²) in [6.45, 7) is 1.70. The minimum atomic E-state index is 0.127. The molecule has 2 heterocycles. The molecule has 94 valence electrons. The molecule has 1 amide bonds. The number of piperidine rings is 1. The van der Waals surface area contributed by atoms with Gasteiger partial charge < -0.3 is 10.0 Å². The number of carbonyl (C=O) groups is 1. The lowest BCUT2D eigenvalue weighted by atomic mass is 9.99. The number of hydrogen-bond donors (Lipinski definition) is 1. The maximum Gasteiger partial charge on any atom is 0.265 e. The maximum absolute atomic E-state index is 12.3. The first-order chi connectivity index (χ1) is 8.26. The number of likely N-dealkylation sites (tertiary alicyclic amines) is 1. The van der Waals surface area contributed by atoms with E-state index in [9.17, 15) is 9.90 Å². The van der Waals surface area contributed by atoms with Crippen molar-refractivity contribution in [1.29, 1.82) is 0 Å². The molecule has 5 heteroatoms. The molecule has 1 saturated heterocycles. The number of amides is 1. The van der Waals surface area contributed by atoms with Crippen molar-refractivity contribution in [1.82, 2.24) is 4.90 Å². The lowest BCUT2D eigenvalue weighted by Gasteiger charge is -2.31. The number of nitrogens with zero attached hydrogens (tertiary/aromatic N) is 1. The standard InChI is InChI=1S/C12H17NO2S2/c1-16-10-4-6-17-11(10)12(15)13-5-2-3-9(7-13)8-14/h4,6,9,14H,2-3,5,7-8H2,1H3. The minimum Gasteiger partial charge on any atom is -0.396 e. The van der Waals surface area contributed by atoms with Crippen molar-refractivity contribution in [3.63, 3.8) is 0 Å². The predicted molar refractivity (Wildman–Crippen MR) is 71.8 cm³/mol. The molecule has 1 fully saturated rings. The molecule has 1 unspecified atom stereocenters. The summed E-state index contributed by atoms with van der Waals surface area (Å²) in [7, 11) is 0. The van der Waals surface area contributed by atoms with E-state index in [1.54, 1.807) is 11.8 Å². The van der Waals surface area contributed by atoms with Gasteiger partial charge in [0.25, 0.3) is 5.91 Å². The molecular formula is C12H17NO2S2. The molecule has 1 aliphatic heterocycles. The highest BCUT2D eigenvalue weighted by atomic mass is 32.2. The number of thioether (sulfide) groups is 1. The van der Waals surface area contributed by atoms with Crippen LogP contribution in [0, 0.1) is 5.92 Å². The summed E-state index contributed by atoms with van der Waals surface area (Å²) < 4.78 is 0. The van der Waals surface area contributed by atoms with Crippen molar-refractivity contribution in [3.05, 3.63) is 16.3 Å². The Hall–Kier alpha value is -0.520. The average Bonchev–Trinajstić information content (AvgIpc) is 2.86. The highest BCUT2D eigenvalue weighted by Crippen LogP contribution is 2.28. The Balaban J connectivity index is 2.09. The van der Waals surface area contributed by atoms with Crippen molar-refractivity contribution in [2.75, 3.05) is 26.0 Å². The molecule has 17 heavy (non-hydrogen) atoms. The topological polar surface area (TPSA) is 40.5 Å². The van der Waals surface area contributed by atoms with E-state index >= 15 is 0 Å². The van der Waals surface area contributed by atoms with E-state index in [1.807, 2.05) is 22.6 Å². The fourth-order valence-electron chi connectivity index (χ4n) is 2.16. The normalized spacial score (nSPS) is 20.6. The average molecular weight is 271 g/mol. The first-order valence-corrected chi connectivity index (χ1v) is 7.88. The number of thiophene rings is 1. The van der Waals surface area contributed by atoms with E-state index in [2.05, 4.69) is 0 Å². The summed E-state index contributed by atoms with van der Waals surface area (Å²) in [5.41, 5.74) is 0. The third-order valence-corrected chi connectivity index (χ3v) is 4.92. The Kier molecular flexibility index (Phi) is 4.48. The quantitative estimate of drug-likeness (QED) is 0.858. The van der Waals surface area contributed by atoms with Crippen LogP contribution in [0.15, 0.2) is 16.3 Å². The highest BCUT2D eigenvalue weighted by molar-refractivity contribution is 7.98. The smallest absolute Gasteiger partial charge is 0.265 e. The Morgan fingerprint density at radius 1 is 1.71 bits per heavy atom. The van der Waals surface area contributed by atoms with Crippen LogP contribution in [0.1, 0.15) is 22.5 Å². The van der Waals surface area contributed by atoms with E-state index in [4.69, 9.17) is 0 Å². The number of aliphatic hydroxyl groups excluding tert-OH is 1. The summed E-state index contributed by atoms with van der Waals surface area (Å²) in [5, 5.41) is 11.1. The molecule has 1 N–H and O–H groups in total. The Bertz CT molecular complexity index is 392. The summed E-state index contributed by atoms with van der Waals surface area (Å²) in [6.07, 6.45) is 4.02. The zero-order chi connectivity index (χ0) is 12.3. The number of hydrogen-bond acceptors (Lipinski definition) is 4. The van der Waals surface area contributed by atoms with E-state index < -0.39 is 0 Å². The monoisotopic (exact) mass is 271 g/mol. The largest absolute Gasteiger partial charge is 0.396 e. The molecule has 2 rings (SSSR count). The van der Waals surface area contributed by atoms with Gasteiger partial charge in [-0.3, -0.25) is 4.79 Å². The van der Waals surface area contributed by atoms with Crippen LogP contribution in [0.2, 0.25) is 0 Å². The zero-order valence-electron chi connectivity index (χ0n) is 9.89. The van der Waals surface area contributed by atoms with E-state index in [0.717, 1.165) is 29.2 Å². The highest BCUT2D eigenvalue weighted by Gasteiger charge is 2.25. The van der Waals surface area contributed by atoms with Gasteiger partial charge in [-0.25, -0.2) is 0 Å². The van der Waals surface area contributed by atoms with Gasteiger partial charge in [0.15, 0.2) is 0 Å². The first-order valence-electron chi connectivity index (χ1n) is 5.78. The van der Waals surface area contributed by atoms with Gasteiger partial charge in [-0.15, -0.1) is 23.1 Å². The Morgan fingerprint density at radius 2 is 2.53 bits per heavy atom. The molecule has 0 saturated carbocycles. The van der Waals surface area contributed by atoms with Gasteiger partial charge in [0, 0.05) is 24.6 Å². The molecule has 0 radical (unpaired) electrons. The van der Waals surface area contributed by atoms with Crippen LogP contribution in [-0.4, -0.2) is 41.9 Å². The number of aliphatic hydroxyl groups is 1. The van der Waals surface area contributed by atoms with Crippen LogP contribution in [0.5, 0.6) is 0 Å². The van der Waals surface area contributed by atoms with Crippen LogP contribution >= 0.6 is 23.1 Å². The lowest BCUT2D eigenvalue weighted by molar-refractivity contribution is 0.0622. The molecule has 3 nitrogen and oxygen atoms in total. The molecular weight excluding hydrogens is 254 g/mol. The van der Waals surface area contributed by atoms with Crippen LogP contribution in [0.4, 0.5) is 0 Å². The zero-order valence-corrected chi connectivity index (χ0v) is 11.5. The second-order valence-electron chi connectivity index (χ2n) is 4.26. The molecule has 0 bridgehead atoms. The van der Waals surface area contributed by atoms with E-state index in [-0.39, 0.29) is 18.4 Å². The Labute approximate surface area is 110 Å². The van der Waals surface area contributed by atoms with E-state index in [1.165, 1.54) is 11.3 Å². The van der Waals surface area contributed by atoms with Crippen molar-refractivity contribution >= 4 is 29.0 Å². The summed E-state index contributed by atoms with van der Waals surface area (Å²) in [5.74, 6) is 0.382. The van der Waals surface area contributed by atoms with Crippen molar-refractivity contribution in [2.24, 2.45) is 5.92 Å². The summed E-state index contributed by atoms with van der Waals surface area (Å²) in [6, 6.07) is 2.00. The van der Waals surface area contributed by atoms with Crippen LogP contribution in [0.3, 0.4) is 0 Å². The molecule has 0 spiro atoms. The van der Waals surface area contributed by atoms with Gasteiger partial charge >= 0.3 is 0 Å². The summed E-state index contributed by atoms with van der Waals surface area (Å²) >= 11 is 3.12. The molecule has 1 atom stereocenters.